The van der Waals surface area contributed by atoms with E-state index in [0.29, 0.717) is 24.2 Å². The molecule has 3 rings (SSSR count). The fraction of sp³-hybridized carbons (Fsp3) is 0.250. The first-order valence-electron chi connectivity index (χ1n) is 11.4. The summed E-state index contributed by atoms with van der Waals surface area (Å²) in [7, 11) is 1.61. The van der Waals surface area contributed by atoms with Gasteiger partial charge in [-0.1, -0.05) is 72.8 Å². The van der Waals surface area contributed by atoms with E-state index in [-0.39, 0.29) is 31.3 Å². The molecule has 0 atom stereocenters. The molecule has 3 aromatic rings. The molecule has 6 heteroatoms. The van der Waals surface area contributed by atoms with Gasteiger partial charge >= 0.3 is 5.97 Å². The van der Waals surface area contributed by atoms with Crippen LogP contribution in [0.3, 0.4) is 0 Å². The summed E-state index contributed by atoms with van der Waals surface area (Å²) in [6, 6.07) is 26.6. The lowest BCUT2D eigenvalue weighted by atomic mass is 10.1. The highest BCUT2D eigenvalue weighted by atomic mass is 16.5. The molecule has 0 heterocycles. The number of anilines is 1. The summed E-state index contributed by atoms with van der Waals surface area (Å²) < 4.78 is 5.25. The molecule has 0 bridgehead atoms. The van der Waals surface area contributed by atoms with Gasteiger partial charge in [-0.2, -0.15) is 0 Å². The zero-order valence-electron chi connectivity index (χ0n) is 19.4. The van der Waals surface area contributed by atoms with Crippen molar-refractivity contribution in [1.29, 1.82) is 0 Å². The lowest BCUT2D eigenvalue weighted by Gasteiger charge is -2.20. The Morgan fingerprint density at radius 1 is 0.765 bits per heavy atom. The Bertz CT molecular complexity index is 1080. The third kappa shape index (κ3) is 7.59. The molecule has 0 fully saturated rings. The van der Waals surface area contributed by atoms with Crippen LogP contribution in [0.25, 0.3) is 0 Å². The number of nitrogens with one attached hydrogen (secondary N) is 1. The number of amides is 2. The highest BCUT2D eigenvalue weighted by Gasteiger charge is 2.19. The molecule has 0 unspecified atom stereocenters. The van der Waals surface area contributed by atoms with Gasteiger partial charge in [0.15, 0.2) is 0 Å². The van der Waals surface area contributed by atoms with Gasteiger partial charge in [-0.15, -0.1) is 0 Å². The molecule has 2 amide bonds. The third-order valence-corrected chi connectivity index (χ3v) is 5.47. The number of para-hydroxylation sites is 1. The van der Waals surface area contributed by atoms with Gasteiger partial charge in [-0.25, -0.2) is 0 Å². The van der Waals surface area contributed by atoms with E-state index in [1.807, 2.05) is 60.7 Å². The second-order valence-electron chi connectivity index (χ2n) is 7.92. The molecule has 0 saturated heterocycles. The average molecular weight is 459 g/mol. The fourth-order valence-corrected chi connectivity index (χ4v) is 3.53. The smallest absolute Gasteiger partial charge is 0.306 e. The van der Waals surface area contributed by atoms with E-state index < -0.39 is 5.97 Å². The standard InChI is InChI=1S/C28H30N2O4/c1-30(26(31)16-17-27(32)34-21-19-23-12-6-3-7-13-23)25-15-9-8-14-24(25)28(33)29-20-18-22-10-4-2-5-11-22/h2-15H,16-21H2,1H3,(H,29,33). The minimum absolute atomic E-state index is 0.00459. The van der Waals surface area contributed by atoms with Gasteiger partial charge in [-0.3, -0.25) is 14.4 Å². The zero-order chi connectivity index (χ0) is 24.2. The first-order valence-corrected chi connectivity index (χ1v) is 11.4. The molecular formula is C28H30N2O4. The average Bonchev–Trinajstić information content (AvgIpc) is 2.88. The van der Waals surface area contributed by atoms with Gasteiger partial charge in [-0.05, 0) is 29.7 Å². The zero-order valence-corrected chi connectivity index (χ0v) is 19.4. The molecule has 0 aliphatic heterocycles. The largest absolute Gasteiger partial charge is 0.465 e. The number of hydrogen-bond acceptors (Lipinski definition) is 4. The van der Waals surface area contributed by atoms with Crippen molar-refractivity contribution < 1.29 is 19.1 Å². The van der Waals surface area contributed by atoms with Crippen LogP contribution >= 0.6 is 0 Å². The summed E-state index contributed by atoms with van der Waals surface area (Å²) in [6.07, 6.45) is 1.34. The lowest BCUT2D eigenvalue weighted by Crippen LogP contribution is -2.31. The second kappa shape index (κ2) is 12.9. The van der Waals surface area contributed by atoms with Crippen LogP contribution in [0, 0.1) is 0 Å². The van der Waals surface area contributed by atoms with Crippen molar-refractivity contribution in [3.05, 3.63) is 102 Å². The van der Waals surface area contributed by atoms with Crippen LogP contribution < -0.4 is 10.2 Å². The van der Waals surface area contributed by atoms with Gasteiger partial charge in [0.1, 0.15) is 0 Å². The summed E-state index contributed by atoms with van der Waals surface area (Å²) >= 11 is 0. The van der Waals surface area contributed by atoms with Crippen molar-refractivity contribution >= 4 is 23.5 Å². The highest BCUT2D eigenvalue weighted by molar-refractivity contribution is 6.04. The minimum Gasteiger partial charge on any atom is -0.465 e. The topological polar surface area (TPSA) is 75.7 Å². The number of benzene rings is 3. The number of ether oxygens (including phenoxy) is 1. The summed E-state index contributed by atoms with van der Waals surface area (Å²) in [5.74, 6) is -0.916. The Morgan fingerprint density at radius 3 is 2.03 bits per heavy atom. The number of rotatable bonds is 11. The normalized spacial score (nSPS) is 10.4. The molecule has 0 saturated carbocycles. The summed E-state index contributed by atoms with van der Waals surface area (Å²) in [5, 5.41) is 2.92. The van der Waals surface area contributed by atoms with Gasteiger partial charge in [0.05, 0.1) is 24.3 Å². The lowest BCUT2D eigenvalue weighted by molar-refractivity contribution is -0.144. The predicted octanol–water partition coefficient (Wildman–Crippen LogP) is 4.19. The Morgan fingerprint density at radius 2 is 1.35 bits per heavy atom. The van der Waals surface area contributed by atoms with Crippen molar-refractivity contribution in [2.45, 2.75) is 25.7 Å². The molecule has 3 aromatic carbocycles. The first-order chi connectivity index (χ1) is 16.5. The van der Waals surface area contributed by atoms with Crippen LogP contribution in [0.1, 0.15) is 34.3 Å². The van der Waals surface area contributed by atoms with E-state index in [0.717, 1.165) is 17.5 Å². The highest BCUT2D eigenvalue weighted by Crippen LogP contribution is 2.20. The van der Waals surface area contributed by atoms with E-state index in [4.69, 9.17) is 4.74 Å². The molecule has 0 radical (unpaired) electrons. The molecule has 1 N–H and O–H groups in total. The number of nitrogens with zero attached hydrogens (tertiary/aromatic N) is 1. The van der Waals surface area contributed by atoms with E-state index >= 15 is 0 Å². The summed E-state index contributed by atoms with van der Waals surface area (Å²) in [6.45, 7) is 0.766. The van der Waals surface area contributed by atoms with Crippen LogP contribution in [0.4, 0.5) is 5.69 Å². The van der Waals surface area contributed by atoms with Crippen LogP contribution in [0.15, 0.2) is 84.9 Å². The molecular weight excluding hydrogens is 428 g/mol. The van der Waals surface area contributed by atoms with Crippen molar-refractivity contribution in [2.24, 2.45) is 0 Å². The summed E-state index contributed by atoms with van der Waals surface area (Å²) in [5.41, 5.74) is 3.14. The molecule has 176 valence electrons. The maximum absolute atomic E-state index is 12.8. The molecule has 0 aliphatic rings. The van der Waals surface area contributed by atoms with Gasteiger partial charge in [0.2, 0.25) is 5.91 Å². The van der Waals surface area contributed by atoms with E-state index in [1.165, 1.54) is 4.90 Å². The number of hydrogen-bond donors (Lipinski definition) is 1. The van der Waals surface area contributed by atoms with Crippen LogP contribution in [0.5, 0.6) is 0 Å². The Hall–Kier alpha value is -3.93. The SMILES string of the molecule is CN(C(=O)CCC(=O)OCCc1ccccc1)c1ccccc1C(=O)NCCc1ccccc1. The molecule has 0 aromatic heterocycles. The van der Waals surface area contributed by atoms with Crippen molar-refractivity contribution in [2.75, 3.05) is 25.1 Å². The Labute approximate surface area is 200 Å². The predicted molar refractivity (Wildman–Crippen MR) is 133 cm³/mol. The van der Waals surface area contributed by atoms with Crippen molar-refractivity contribution in [3.63, 3.8) is 0 Å². The minimum atomic E-state index is -0.412. The third-order valence-electron chi connectivity index (χ3n) is 5.47. The Kier molecular flexibility index (Phi) is 9.40. The number of carbonyl (C=O) groups is 3. The quantitative estimate of drug-likeness (QED) is 0.437. The molecule has 0 spiro atoms. The molecule has 34 heavy (non-hydrogen) atoms. The summed E-state index contributed by atoms with van der Waals surface area (Å²) in [4.78, 5) is 38.9. The van der Waals surface area contributed by atoms with Crippen LogP contribution in [-0.2, 0) is 27.2 Å². The first kappa shape index (κ1) is 24.7. The molecule has 6 nitrogen and oxygen atoms in total. The Balaban J connectivity index is 1.47. The van der Waals surface area contributed by atoms with E-state index in [2.05, 4.69) is 5.32 Å². The van der Waals surface area contributed by atoms with Crippen molar-refractivity contribution in [1.82, 2.24) is 5.32 Å². The van der Waals surface area contributed by atoms with Gasteiger partial charge < -0.3 is 15.0 Å². The van der Waals surface area contributed by atoms with Crippen molar-refractivity contribution in [3.8, 4) is 0 Å². The van der Waals surface area contributed by atoms with Crippen LogP contribution in [0.2, 0.25) is 0 Å². The molecule has 0 aliphatic carbocycles. The number of carbonyl (C=O) groups excluding carboxylic acids is 3. The maximum atomic E-state index is 12.8. The van der Waals surface area contributed by atoms with E-state index in [9.17, 15) is 14.4 Å². The van der Waals surface area contributed by atoms with E-state index in [1.54, 1.807) is 31.3 Å². The van der Waals surface area contributed by atoms with Crippen LogP contribution in [-0.4, -0.2) is 38.0 Å². The van der Waals surface area contributed by atoms with Gasteiger partial charge in [0, 0.05) is 26.4 Å². The maximum Gasteiger partial charge on any atom is 0.306 e. The number of esters is 1. The fourth-order valence-electron chi connectivity index (χ4n) is 3.53. The second-order valence-corrected chi connectivity index (χ2v) is 7.92. The van der Waals surface area contributed by atoms with Gasteiger partial charge in [0.25, 0.3) is 5.91 Å². The monoisotopic (exact) mass is 458 g/mol.